The number of benzene rings is 3. The van der Waals surface area contributed by atoms with Gasteiger partial charge in [0.15, 0.2) is 11.5 Å². The summed E-state index contributed by atoms with van der Waals surface area (Å²) in [5.74, 6) is -0.500. The molecule has 0 saturated heterocycles. The molecule has 0 aromatic heterocycles. The number of carbonyl (C=O) groups excluding carboxylic acids is 2. The number of nitrogens with zero attached hydrogens (tertiary/aromatic N) is 3. The maximum absolute atomic E-state index is 14.4. The summed E-state index contributed by atoms with van der Waals surface area (Å²) in [7, 11) is 1.49. The van der Waals surface area contributed by atoms with Gasteiger partial charge in [-0.3, -0.25) is 9.59 Å². The predicted octanol–water partition coefficient (Wildman–Crippen LogP) is 4.67. The molecule has 0 saturated carbocycles. The van der Waals surface area contributed by atoms with E-state index in [1.807, 2.05) is 30.3 Å². The van der Waals surface area contributed by atoms with Crippen LogP contribution >= 0.6 is 11.6 Å². The van der Waals surface area contributed by atoms with Crippen LogP contribution in [-0.4, -0.2) is 61.0 Å². The van der Waals surface area contributed by atoms with Crippen molar-refractivity contribution >= 4 is 29.1 Å². The largest absolute Gasteiger partial charge is 0.454 e. The first-order chi connectivity index (χ1) is 18.5. The van der Waals surface area contributed by atoms with Crippen LogP contribution in [0.1, 0.15) is 33.9 Å². The summed E-state index contributed by atoms with van der Waals surface area (Å²) in [6, 6.07) is 18.0. The fourth-order valence-electron chi connectivity index (χ4n) is 4.47. The van der Waals surface area contributed by atoms with E-state index in [0.717, 1.165) is 5.56 Å². The number of halogens is 2. The lowest BCUT2D eigenvalue weighted by atomic mass is 9.98. The Balaban J connectivity index is 1.46. The molecule has 2 amide bonds. The molecule has 5 rings (SSSR count). The normalized spacial score (nSPS) is 15.9. The van der Waals surface area contributed by atoms with Gasteiger partial charge in [0.1, 0.15) is 12.4 Å². The molecular formula is C28H25ClFN3O5. The van der Waals surface area contributed by atoms with Crippen LogP contribution in [-0.2, 0) is 9.53 Å². The Kier molecular flexibility index (Phi) is 7.57. The number of methoxy groups -OCH3 is 1. The molecule has 2 aliphatic rings. The summed E-state index contributed by atoms with van der Waals surface area (Å²) in [6.45, 7) is 0.0726. The summed E-state index contributed by atoms with van der Waals surface area (Å²) in [5, 5.41) is 6.53. The fraction of sp³-hybridized carbons (Fsp3) is 0.250. The van der Waals surface area contributed by atoms with Crippen molar-refractivity contribution in [3.63, 3.8) is 0 Å². The smallest absolute Gasteiger partial charge is 0.262 e. The number of carbonyl (C=O) groups is 2. The minimum absolute atomic E-state index is 0.0963. The van der Waals surface area contributed by atoms with Crippen LogP contribution in [0.2, 0.25) is 5.02 Å². The number of amides is 2. The van der Waals surface area contributed by atoms with Gasteiger partial charge in [-0.15, -0.1) is 0 Å². The number of hydrogen-bond donors (Lipinski definition) is 0. The Bertz CT molecular complexity index is 1400. The second-order valence-corrected chi connectivity index (χ2v) is 9.20. The van der Waals surface area contributed by atoms with Gasteiger partial charge < -0.3 is 19.1 Å². The van der Waals surface area contributed by atoms with Crippen LogP contribution in [0.3, 0.4) is 0 Å². The SMILES string of the molecule is COCCN(CC(=O)N1N=C(c2ccccc2Cl)CC1c1ccc2c(c1)OCO2)C(=O)c1ccccc1F. The molecule has 8 nitrogen and oxygen atoms in total. The molecule has 0 radical (unpaired) electrons. The Morgan fingerprint density at radius 2 is 1.87 bits per heavy atom. The Morgan fingerprint density at radius 1 is 1.11 bits per heavy atom. The van der Waals surface area contributed by atoms with Gasteiger partial charge in [-0.1, -0.05) is 48.0 Å². The number of hydrazone groups is 1. The maximum Gasteiger partial charge on any atom is 0.262 e. The molecule has 1 unspecified atom stereocenters. The topological polar surface area (TPSA) is 80.7 Å². The van der Waals surface area contributed by atoms with Crippen LogP contribution in [0.4, 0.5) is 4.39 Å². The average molecular weight is 538 g/mol. The van der Waals surface area contributed by atoms with Crippen molar-refractivity contribution in [2.45, 2.75) is 12.5 Å². The summed E-state index contributed by atoms with van der Waals surface area (Å²) in [5.41, 5.74) is 2.02. The van der Waals surface area contributed by atoms with Crippen molar-refractivity contribution in [3.8, 4) is 11.5 Å². The van der Waals surface area contributed by atoms with E-state index in [-0.39, 0.29) is 32.1 Å². The molecule has 0 fully saturated rings. The predicted molar refractivity (Wildman–Crippen MR) is 139 cm³/mol. The molecule has 0 spiro atoms. The van der Waals surface area contributed by atoms with Gasteiger partial charge >= 0.3 is 0 Å². The average Bonchev–Trinajstić information content (AvgIpc) is 3.58. The number of fused-ring (bicyclic) bond motifs is 1. The third kappa shape index (κ3) is 5.20. The number of hydrogen-bond acceptors (Lipinski definition) is 6. The second-order valence-electron chi connectivity index (χ2n) is 8.80. The van der Waals surface area contributed by atoms with Crippen LogP contribution in [0.25, 0.3) is 0 Å². The molecule has 0 bridgehead atoms. The van der Waals surface area contributed by atoms with Crippen molar-refractivity contribution in [1.29, 1.82) is 0 Å². The van der Waals surface area contributed by atoms with Crippen LogP contribution in [0.15, 0.2) is 71.8 Å². The van der Waals surface area contributed by atoms with E-state index < -0.39 is 23.7 Å². The molecule has 38 heavy (non-hydrogen) atoms. The highest BCUT2D eigenvalue weighted by Crippen LogP contribution is 2.39. The molecule has 10 heteroatoms. The van der Waals surface area contributed by atoms with Gasteiger partial charge in [-0.2, -0.15) is 5.10 Å². The van der Waals surface area contributed by atoms with Crippen molar-refractivity contribution in [2.75, 3.05) is 33.6 Å². The van der Waals surface area contributed by atoms with Crippen molar-refractivity contribution < 1.29 is 28.2 Å². The van der Waals surface area contributed by atoms with Gasteiger partial charge in [0.2, 0.25) is 6.79 Å². The lowest BCUT2D eigenvalue weighted by molar-refractivity contribution is -0.133. The summed E-state index contributed by atoms with van der Waals surface area (Å²) >= 11 is 6.44. The summed E-state index contributed by atoms with van der Waals surface area (Å²) < 4.78 is 30.5. The molecule has 2 heterocycles. The zero-order valence-electron chi connectivity index (χ0n) is 20.6. The Morgan fingerprint density at radius 3 is 2.66 bits per heavy atom. The van der Waals surface area contributed by atoms with E-state index in [4.69, 9.17) is 25.8 Å². The second kappa shape index (κ2) is 11.2. The van der Waals surface area contributed by atoms with E-state index >= 15 is 0 Å². The molecule has 3 aromatic rings. The molecule has 3 aromatic carbocycles. The lowest BCUT2D eigenvalue weighted by Crippen LogP contribution is -2.43. The van der Waals surface area contributed by atoms with Crippen LogP contribution in [0, 0.1) is 5.82 Å². The molecule has 0 N–H and O–H groups in total. The minimum atomic E-state index is -0.661. The zero-order valence-corrected chi connectivity index (χ0v) is 21.4. The highest BCUT2D eigenvalue weighted by atomic mass is 35.5. The molecule has 1 atom stereocenters. The molecule has 0 aliphatic carbocycles. The highest BCUT2D eigenvalue weighted by molar-refractivity contribution is 6.34. The molecule has 2 aliphatic heterocycles. The van der Waals surface area contributed by atoms with E-state index in [9.17, 15) is 14.0 Å². The standard InChI is InChI=1S/C28H25ClFN3O5/c1-36-13-12-32(28(35)20-7-3-5-9-22(20)30)16-27(34)33-24(18-10-11-25-26(14-18)38-17-37-25)15-23(31-33)19-6-2-4-8-21(19)29/h2-11,14,24H,12-13,15-17H2,1H3. The Labute approximate surface area is 224 Å². The molecule has 196 valence electrons. The van der Waals surface area contributed by atoms with E-state index in [1.54, 1.807) is 18.2 Å². The van der Waals surface area contributed by atoms with E-state index in [2.05, 4.69) is 5.10 Å². The summed E-state index contributed by atoms with van der Waals surface area (Å²) in [6.07, 6.45) is 0.397. The fourth-order valence-corrected chi connectivity index (χ4v) is 4.72. The number of ether oxygens (including phenoxy) is 3. The van der Waals surface area contributed by atoms with Gasteiger partial charge in [0, 0.05) is 30.7 Å². The Hall–Kier alpha value is -3.95. The first-order valence-electron chi connectivity index (χ1n) is 12.0. The third-order valence-electron chi connectivity index (χ3n) is 6.41. The van der Waals surface area contributed by atoms with Crippen molar-refractivity contribution in [1.82, 2.24) is 9.91 Å². The van der Waals surface area contributed by atoms with Gasteiger partial charge in [0.25, 0.3) is 11.8 Å². The first kappa shape index (κ1) is 25.7. The lowest BCUT2D eigenvalue weighted by Gasteiger charge is -2.27. The third-order valence-corrected chi connectivity index (χ3v) is 6.74. The van der Waals surface area contributed by atoms with Crippen LogP contribution in [0.5, 0.6) is 11.5 Å². The van der Waals surface area contributed by atoms with Gasteiger partial charge in [0.05, 0.1) is 23.9 Å². The minimum Gasteiger partial charge on any atom is -0.454 e. The van der Waals surface area contributed by atoms with Crippen LogP contribution < -0.4 is 9.47 Å². The first-order valence-corrected chi connectivity index (χ1v) is 12.4. The number of rotatable bonds is 8. The van der Waals surface area contributed by atoms with Crippen molar-refractivity contribution in [2.24, 2.45) is 5.10 Å². The van der Waals surface area contributed by atoms with E-state index in [1.165, 1.54) is 35.2 Å². The van der Waals surface area contributed by atoms with Crippen molar-refractivity contribution in [3.05, 3.63) is 94.3 Å². The highest BCUT2D eigenvalue weighted by Gasteiger charge is 2.36. The van der Waals surface area contributed by atoms with Gasteiger partial charge in [-0.25, -0.2) is 9.40 Å². The van der Waals surface area contributed by atoms with Gasteiger partial charge in [-0.05, 0) is 35.9 Å². The molecular weight excluding hydrogens is 513 g/mol. The maximum atomic E-state index is 14.4. The quantitative estimate of drug-likeness (QED) is 0.417. The monoisotopic (exact) mass is 537 g/mol. The zero-order chi connectivity index (χ0) is 26.6. The summed E-state index contributed by atoms with van der Waals surface area (Å²) in [4.78, 5) is 28.2. The van der Waals surface area contributed by atoms with E-state index in [0.29, 0.717) is 34.2 Å².